The summed E-state index contributed by atoms with van der Waals surface area (Å²) in [6.45, 7) is 2.34. The lowest BCUT2D eigenvalue weighted by molar-refractivity contribution is 0.0752. The van der Waals surface area contributed by atoms with Gasteiger partial charge in [0.2, 0.25) is 0 Å². The fourth-order valence-corrected chi connectivity index (χ4v) is 6.05. The maximum Gasteiger partial charge on any atom is 0.263 e. The van der Waals surface area contributed by atoms with Crippen LogP contribution in [0.15, 0.2) is 63.2 Å². The number of morpholine rings is 1. The van der Waals surface area contributed by atoms with E-state index in [-0.39, 0.29) is 16.4 Å². The normalized spacial score (nSPS) is 17.7. The van der Waals surface area contributed by atoms with Crippen LogP contribution in [0.25, 0.3) is 0 Å². The van der Waals surface area contributed by atoms with Crippen molar-refractivity contribution in [1.29, 1.82) is 0 Å². The van der Waals surface area contributed by atoms with Crippen molar-refractivity contribution in [2.24, 2.45) is 0 Å². The van der Waals surface area contributed by atoms with Crippen molar-refractivity contribution in [1.82, 2.24) is 9.19 Å². The van der Waals surface area contributed by atoms with Gasteiger partial charge in [-0.3, -0.25) is 9.05 Å². The Balaban J connectivity index is 1.59. The molecule has 2 aromatic rings. The van der Waals surface area contributed by atoms with Crippen molar-refractivity contribution in [3.8, 4) is 0 Å². The van der Waals surface area contributed by atoms with Crippen LogP contribution in [0, 0.1) is 0 Å². The van der Waals surface area contributed by atoms with Crippen molar-refractivity contribution < 1.29 is 26.4 Å². The second-order valence-electron chi connectivity index (χ2n) is 6.21. The van der Waals surface area contributed by atoms with Crippen LogP contribution < -0.4 is 4.89 Å². The first-order valence-electron chi connectivity index (χ1n) is 8.78. The molecule has 1 N–H and O–H groups in total. The first-order chi connectivity index (χ1) is 13.9. The Morgan fingerprint density at radius 3 is 2.38 bits per heavy atom. The van der Waals surface area contributed by atoms with Gasteiger partial charge in [-0.1, -0.05) is 29.2 Å². The third-order valence-corrected chi connectivity index (χ3v) is 8.07. The van der Waals surface area contributed by atoms with Gasteiger partial charge in [-0.25, -0.2) is 16.9 Å². The van der Waals surface area contributed by atoms with Crippen LogP contribution >= 0.6 is 0 Å². The van der Waals surface area contributed by atoms with Crippen LogP contribution in [-0.4, -0.2) is 53.7 Å². The second-order valence-corrected chi connectivity index (χ2v) is 10.7. The summed E-state index contributed by atoms with van der Waals surface area (Å²) in [4.78, 5) is 8.00. The van der Waals surface area contributed by atoms with Crippen LogP contribution in [0.4, 0.5) is 0 Å². The Labute approximate surface area is 175 Å². The molecule has 0 saturated carbocycles. The minimum atomic E-state index is -3.97. The van der Waals surface area contributed by atoms with Gasteiger partial charge in [-0.2, -0.15) is 0 Å². The van der Waals surface area contributed by atoms with Gasteiger partial charge in [-0.05, 0) is 29.8 Å². The molecule has 0 amide bonds. The van der Waals surface area contributed by atoms with Gasteiger partial charge in [0.1, 0.15) is 15.9 Å². The largest absolute Gasteiger partial charge is 0.379 e. The van der Waals surface area contributed by atoms with Gasteiger partial charge in [0.05, 0.1) is 40.4 Å². The Kier molecular flexibility index (Phi) is 7.68. The third-order valence-electron chi connectivity index (χ3n) is 4.19. The molecule has 0 radical (unpaired) electrons. The molecule has 1 heterocycles. The van der Waals surface area contributed by atoms with Crippen LogP contribution in [0.3, 0.4) is 0 Å². The van der Waals surface area contributed by atoms with Crippen molar-refractivity contribution in [2.75, 3.05) is 32.6 Å². The number of hydrogen-bond donors (Lipinski definition) is 1. The Bertz CT molecular complexity index is 989. The lowest BCUT2D eigenvalue weighted by atomic mass is 10.2. The van der Waals surface area contributed by atoms with Crippen LogP contribution in [-0.2, 0) is 48.0 Å². The summed E-state index contributed by atoms with van der Waals surface area (Å²) in [5.41, 5.74) is 0.711. The van der Waals surface area contributed by atoms with Crippen LogP contribution in [0.1, 0.15) is 5.56 Å². The van der Waals surface area contributed by atoms with Crippen LogP contribution in [0.2, 0.25) is 0 Å². The summed E-state index contributed by atoms with van der Waals surface area (Å²) >= 11 is 0. The van der Waals surface area contributed by atoms with E-state index in [1.165, 1.54) is 18.4 Å². The van der Waals surface area contributed by atoms with Crippen molar-refractivity contribution >= 4 is 31.8 Å². The highest BCUT2D eigenvalue weighted by molar-refractivity contribution is 7.90. The highest BCUT2D eigenvalue weighted by atomic mass is 32.2. The highest BCUT2D eigenvalue weighted by Crippen LogP contribution is 2.19. The number of benzene rings is 2. The van der Waals surface area contributed by atoms with E-state index < -0.39 is 31.8 Å². The van der Waals surface area contributed by atoms with Crippen molar-refractivity contribution in [3.63, 3.8) is 0 Å². The maximum absolute atomic E-state index is 12.5. The number of nitrogens with zero attached hydrogens (tertiary/aromatic N) is 1. The second kappa shape index (κ2) is 10.0. The lowest BCUT2D eigenvalue weighted by Crippen LogP contribution is -2.37. The zero-order valence-electron chi connectivity index (χ0n) is 15.8. The monoisotopic (exact) mass is 458 g/mol. The topological polar surface area (TPSA) is 102 Å². The molecule has 0 bridgehead atoms. The average molecular weight is 459 g/mol. The molecule has 158 valence electrons. The zero-order valence-corrected chi connectivity index (χ0v) is 18.2. The van der Waals surface area contributed by atoms with Crippen molar-refractivity contribution in [3.05, 3.63) is 54.1 Å². The van der Waals surface area contributed by atoms with Gasteiger partial charge < -0.3 is 4.74 Å². The predicted molar refractivity (Wildman–Crippen MR) is 109 cm³/mol. The highest BCUT2D eigenvalue weighted by Gasteiger charge is 2.21. The fourth-order valence-electron chi connectivity index (χ4n) is 2.71. The van der Waals surface area contributed by atoms with Gasteiger partial charge in [0.15, 0.2) is 0 Å². The molecule has 0 aliphatic carbocycles. The fraction of sp³-hybridized carbons (Fsp3) is 0.333. The number of rotatable bonds is 8. The molecule has 1 fully saturated rings. The minimum absolute atomic E-state index is 0.0128. The average Bonchev–Trinajstić information content (AvgIpc) is 2.74. The molecule has 1 aliphatic heterocycles. The summed E-state index contributed by atoms with van der Waals surface area (Å²) in [7, 11) is -6.69. The van der Waals surface area contributed by atoms with Crippen LogP contribution in [0.5, 0.6) is 0 Å². The van der Waals surface area contributed by atoms with E-state index in [1.54, 1.807) is 36.4 Å². The molecule has 0 aromatic heterocycles. The van der Waals surface area contributed by atoms with E-state index in [1.807, 2.05) is 4.31 Å². The number of sulfonamides is 1. The molecular weight excluding hydrogens is 436 g/mol. The van der Waals surface area contributed by atoms with E-state index in [9.17, 15) is 16.8 Å². The number of nitrogens with one attached hydrogen (secondary N) is 1. The molecule has 2 unspecified atom stereocenters. The molecule has 2 atom stereocenters. The Hall–Kier alpha value is -1.47. The van der Waals surface area contributed by atoms with Crippen molar-refractivity contribution in [2.45, 2.75) is 21.3 Å². The Morgan fingerprint density at radius 1 is 1.07 bits per heavy atom. The standard InChI is InChI=1S/C18H22N2O6S3/c1-27(21)17-4-2-3-5-18(17)29(23,24)19-26-14-15-6-8-16(9-7-15)28(22)20-10-12-25-13-11-20/h2-9,19H,10-14H2,1H3. The molecule has 1 aliphatic rings. The summed E-state index contributed by atoms with van der Waals surface area (Å²) < 4.78 is 56.3. The third kappa shape index (κ3) is 5.79. The van der Waals surface area contributed by atoms with E-state index in [2.05, 4.69) is 4.89 Å². The zero-order chi connectivity index (χ0) is 20.9. The van der Waals surface area contributed by atoms with Gasteiger partial charge in [0.25, 0.3) is 10.0 Å². The number of hydrogen-bond acceptors (Lipinski definition) is 6. The van der Waals surface area contributed by atoms with Gasteiger partial charge in [0, 0.05) is 19.3 Å². The summed E-state index contributed by atoms with van der Waals surface area (Å²) in [5, 5.41) is 0. The summed E-state index contributed by atoms with van der Waals surface area (Å²) in [6, 6.07) is 13.0. The molecule has 11 heteroatoms. The first kappa shape index (κ1) is 22.2. The van der Waals surface area contributed by atoms with E-state index in [0.717, 1.165) is 0 Å². The SMILES string of the molecule is CS(=O)c1ccccc1S(=O)(=O)NOCc1ccc(S(=O)N2CCOCC2)cc1. The quantitative estimate of drug-likeness (QED) is 0.596. The summed E-state index contributed by atoms with van der Waals surface area (Å²) in [6.07, 6.45) is 1.41. The lowest BCUT2D eigenvalue weighted by Gasteiger charge is -2.25. The van der Waals surface area contributed by atoms with E-state index in [0.29, 0.717) is 36.8 Å². The maximum atomic E-state index is 12.5. The first-order valence-corrected chi connectivity index (χ1v) is 12.9. The summed E-state index contributed by atoms with van der Waals surface area (Å²) in [5.74, 6) is 0. The Morgan fingerprint density at radius 2 is 1.72 bits per heavy atom. The smallest absolute Gasteiger partial charge is 0.263 e. The molecule has 2 aromatic carbocycles. The van der Waals surface area contributed by atoms with E-state index in [4.69, 9.17) is 9.57 Å². The van der Waals surface area contributed by atoms with Gasteiger partial charge >= 0.3 is 0 Å². The minimum Gasteiger partial charge on any atom is -0.379 e. The molecule has 0 spiro atoms. The van der Waals surface area contributed by atoms with E-state index >= 15 is 0 Å². The molecule has 29 heavy (non-hydrogen) atoms. The molecule has 8 nitrogen and oxygen atoms in total. The predicted octanol–water partition coefficient (Wildman–Crippen LogP) is 1.19. The molecule has 3 rings (SSSR count). The van der Waals surface area contributed by atoms with Gasteiger partial charge in [-0.15, -0.1) is 0 Å². The molecule has 1 saturated heterocycles. The molecular formula is C18H22N2O6S3. The number of ether oxygens (including phenoxy) is 1.